The van der Waals surface area contributed by atoms with E-state index in [2.05, 4.69) is 22.3 Å². The zero-order valence-corrected chi connectivity index (χ0v) is 14.7. The van der Waals surface area contributed by atoms with Gasteiger partial charge >= 0.3 is 0 Å². The number of benzene rings is 1. The van der Waals surface area contributed by atoms with Crippen LogP contribution >= 0.6 is 22.9 Å². The van der Waals surface area contributed by atoms with Crippen LogP contribution in [0.3, 0.4) is 0 Å². The normalized spacial score (nSPS) is 11.1. The Morgan fingerprint density at radius 1 is 1.21 bits per heavy atom. The van der Waals surface area contributed by atoms with Crippen LogP contribution in [-0.4, -0.2) is 19.7 Å². The first kappa shape index (κ1) is 15.1. The summed E-state index contributed by atoms with van der Waals surface area (Å²) in [4.78, 5) is 10.3. The number of nitrogens with one attached hydrogen (secondary N) is 1. The zero-order chi connectivity index (χ0) is 16.7. The monoisotopic (exact) mass is 355 g/mol. The topological polar surface area (TPSA) is 55.6 Å². The lowest BCUT2D eigenvalue weighted by atomic mass is 10.1. The molecule has 0 bridgehead atoms. The summed E-state index contributed by atoms with van der Waals surface area (Å²) in [5.74, 6) is 0.543. The number of aromatic nitrogens is 4. The summed E-state index contributed by atoms with van der Waals surface area (Å²) in [5, 5.41) is 8.05. The summed E-state index contributed by atoms with van der Waals surface area (Å²) in [6, 6.07) is 7.84. The second-order valence-electron chi connectivity index (χ2n) is 5.45. The highest BCUT2D eigenvalue weighted by molar-refractivity contribution is 7.19. The molecule has 4 rings (SSSR count). The molecule has 0 spiro atoms. The molecule has 0 amide bonds. The number of hydrogen-bond donors (Lipinski definition) is 1. The van der Waals surface area contributed by atoms with Crippen molar-refractivity contribution >= 4 is 44.8 Å². The molecule has 24 heavy (non-hydrogen) atoms. The first-order chi connectivity index (χ1) is 11.6. The van der Waals surface area contributed by atoms with E-state index in [0.717, 1.165) is 32.1 Å². The van der Waals surface area contributed by atoms with E-state index < -0.39 is 0 Å². The molecule has 0 saturated carbocycles. The van der Waals surface area contributed by atoms with Crippen molar-refractivity contribution in [3.05, 3.63) is 52.8 Å². The second kappa shape index (κ2) is 5.89. The van der Waals surface area contributed by atoms with Gasteiger partial charge in [-0.1, -0.05) is 29.8 Å². The highest BCUT2D eigenvalue weighted by Gasteiger charge is 2.16. The molecule has 0 saturated heterocycles. The molecular weight excluding hydrogens is 342 g/mol. The smallest absolute Gasteiger partial charge is 0.227 e. The summed E-state index contributed by atoms with van der Waals surface area (Å²) < 4.78 is 2.77. The third kappa shape index (κ3) is 2.64. The van der Waals surface area contributed by atoms with Crippen LogP contribution in [0.15, 0.2) is 42.9 Å². The molecule has 0 aliphatic rings. The first-order valence-electron chi connectivity index (χ1n) is 7.38. The molecule has 5 nitrogen and oxygen atoms in total. The molecule has 7 heteroatoms. The maximum absolute atomic E-state index is 6.39. The lowest BCUT2D eigenvalue weighted by Gasteiger charge is -2.05. The van der Waals surface area contributed by atoms with Gasteiger partial charge in [0.2, 0.25) is 5.95 Å². The molecule has 1 N–H and O–H groups in total. The van der Waals surface area contributed by atoms with Crippen LogP contribution in [-0.2, 0) is 7.05 Å². The van der Waals surface area contributed by atoms with Crippen LogP contribution in [0, 0.1) is 6.92 Å². The van der Waals surface area contributed by atoms with Gasteiger partial charge in [0.1, 0.15) is 0 Å². The minimum absolute atomic E-state index is 0.543. The third-order valence-corrected chi connectivity index (χ3v) is 5.07. The molecule has 0 unspecified atom stereocenters. The lowest BCUT2D eigenvalue weighted by molar-refractivity contribution is 0.768. The van der Waals surface area contributed by atoms with Crippen molar-refractivity contribution in [1.29, 1.82) is 0 Å². The number of aryl methyl sites for hydroxylation is 2. The molecule has 3 heterocycles. The molecule has 1 aromatic carbocycles. The zero-order valence-electron chi connectivity index (χ0n) is 13.1. The van der Waals surface area contributed by atoms with Gasteiger partial charge in [-0.25, -0.2) is 9.97 Å². The van der Waals surface area contributed by atoms with Crippen molar-refractivity contribution in [3.63, 3.8) is 0 Å². The molecule has 4 aromatic rings. The Labute approximate surface area is 147 Å². The lowest BCUT2D eigenvalue weighted by Crippen LogP contribution is -1.96. The van der Waals surface area contributed by atoms with Gasteiger partial charge in [0, 0.05) is 34.3 Å². The molecule has 0 radical (unpaired) electrons. The predicted molar refractivity (Wildman–Crippen MR) is 99.1 cm³/mol. The molecule has 120 valence electrons. The highest BCUT2D eigenvalue weighted by atomic mass is 35.5. The second-order valence-corrected chi connectivity index (χ2v) is 7.11. The summed E-state index contributed by atoms with van der Waals surface area (Å²) in [6.07, 6.45) is 5.46. The fourth-order valence-corrected chi connectivity index (χ4v) is 3.88. The molecule has 3 aromatic heterocycles. The van der Waals surface area contributed by atoms with Gasteiger partial charge in [-0.15, -0.1) is 11.3 Å². The van der Waals surface area contributed by atoms with E-state index in [-0.39, 0.29) is 0 Å². The number of thiophene rings is 1. The van der Waals surface area contributed by atoms with Gasteiger partial charge in [0.25, 0.3) is 0 Å². The van der Waals surface area contributed by atoms with E-state index in [4.69, 9.17) is 16.6 Å². The standard InChI is InChI=1S/C17H14ClN5S/c1-10-15(12-5-3-4-6-13(12)18)16-14(24-10)8-19-17(22-16)21-11-7-20-23(2)9-11/h3-9H,1-2H3,(H,19,21,22). The molecule has 0 aliphatic carbocycles. The Morgan fingerprint density at radius 2 is 2.04 bits per heavy atom. The predicted octanol–water partition coefficient (Wildman–Crippen LogP) is 4.80. The Bertz CT molecular complexity index is 1040. The Morgan fingerprint density at radius 3 is 2.79 bits per heavy atom. The maximum atomic E-state index is 6.39. The third-order valence-electron chi connectivity index (χ3n) is 3.71. The summed E-state index contributed by atoms with van der Waals surface area (Å²) >= 11 is 8.07. The summed E-state index contributed by atoms with van der Waals surface area (Å²) in [5.41, 5.74) is 3.82. The molecular formula is C17H14ClN5S. The number of halogens is 1. The number of nitrogens with zero attached hydrogens (tertiary/aromatic N) is 4. The van der Waals surface area contributed by atoms with E-state index in [9.17, 15) is 0 Å². The summed E-state index contributed by atoms with van der Waals surface area (Å²) in [7, 11) is 1.87. The van der Waals surface area contributed by atoms with Gasteiger partial charge in [0.15, 0.2) is 0 Å². The van der Waals surface area contributed by atoms with Gasteiger partial charge < -0.3 is 5.32 Å². The van der Waals surface area contributed by atoms with Crippen molar-refractivity contribution in [1.82, 2.24) is 19.7 Å². The van der Waals surface area contributed by atoms with Gasteiger partial charge in [-0.2, -0.15) is 5.10 Å². The van der Waals surface area contributed by atoms with Crippen LogP contribution in [0.25, 0.3) is 21.3 Å². The number of fused-ring (bicyclic) bond motifs is 1. The van der Waals surface area contributed by atoms with Crippen LogP contribution < -0.4 is 5.32 Å². The van der Waals surface area contributed by atoms with E-state index >= 15 is 0 Å². The summed E-state index contributed by atoms with van der Waals surface area (Å²) in [6.45, 7) is 2.08. The van der Waals surface area contributed by atoms with Crippen molar-refractivity contribution in [3.8, 4) is 11.1 Å². The molecule has 0 fully saturated rings. The molecule has 0 atom stereocenters. The average molecular weight is 356 g/mol. The van der Waals surface area contributed by atoms with Crippen molar-refractivity contribution in [2.45, 2.75) is 6.92 Å². The average Bonchev–Trinajstić information content (AvgIpc) is 3.10. The van der Waals surface area contributed by atoms with Gasteiger partial charge in [-0.3, -0.25) is 4.68 Å². The quantitative estimate of drug-likeness (QED) is 0.573. The number of anilines is 2. The fourth-order valence-electron chi connectivity index (χ4n) is 2.66. The largest absolute Gasteiger partial charge is 0.321 e. The van der Waals surface area contributed by atoms with E-state index in [1.54, 1.807) is 22.2 Å². The number of rotatable bonds is 3. The van der Waals surface area contributed by atoms with Gasteiger partial charge in [0.05, 0.1) is 28.3 Å². The van der Waals surface area contributed by atoms with E-state index in [1.807, 2.05) is 43.7 Å². The van der Waals surface area contributed by atoms with Gasteiger partial charge in [-0.05, 0) is 13.0 Å². The Balaban J connectivity index is 1.84. The highest BCUT2D eigenvalue weighted by Crippen LogP contribution is 2.40. The van der Waals surface area contributed by atoms with Crippen LogP contribution in [0.1, 0.15) is 4.88 Å². The van der Waals surface area contributed by atoms with Crippen molar-refractivity contribution in [2.24, 2.45) is 7.05 Å². The van der Waals surface area contributed by atoms with Crippen LogP contribution in [0.4, 0.5) is 11.6 Å². The van der Waals surface area contributed by atoms with Crippen LogP contribution in [0.2, 0.25) is 5.02 Å². The maximum Gasteiger partial charge on any atom is 0.227 e. The fraction of sp³-hybridized carbons (Fsp3) is 0.118. The first-order valence-corrected chi connectivity index (χ1v) is 8.58. The minimum atomic E-state index is 0.543. The minimum Gasteiger partial charge on any atom is -0.321 e. The van der Waals surface area contributed by atoms with E-state index in [1.165, 1.54) is 4.88 Å². The Kier molecular flexibility index (Phi) is 3.70. The van der Waals surface area contributed by atoms with E-state index in [0.29, 0.717) is 5.95 Å². The molecule has 0 aliphatic heterocycles. The number of hydrogen-bond acceptors (Lipinski definition) is 5. The van der Waals surface area contributed by atoms with Crippen molar-refractivity contribution < 1.29 is 0 Å². The SMILES string of the molecule is Cc1sc2cnc(Nc3cnn(C)c3)nc2c1-c1ccccc1Cl. The Hall–Kier alpha value is -2.44. The van der Waals surface area contributed by atoms with Crippen LogP contribution in [0.5, 0.6) is 0 Å². The van der Waals surface area contributed by atoms with Crippen molar-refractivity contribution in [2.75, 3.05) is 5.32 Å².